The fourth-order valence-electron chi connectivity index (χ4n) is 2.28. The third-order valence-corrected chi connectivity index (χ3v) is 3.85. The van der Waals surface area contributed by atoms with Crippen molar-refractivity contribution in [2.75, 3.05) is 7.05 Å². The zero-order chi connectivity index (χ0) is 19.7. The maximum atomic E-state index is 12.9. The molecule has 1 heterocycles. The van der Waals surface area contributed by atoms with Crippen LogP contribution in [0.1, 0.15) is 40.1 Å². The smallest absolute Gasteiger partial charge is 0.333 e. The van der Waals surface area contributed by atoms with E-state index >= 15 is 0 Å². The summed E-state index contributed by atoms with van der Waals surface area (Å²) in [5.74, 6) is -0.972. The highest BCUT2D eigenvalue weighted by atomic mass is 19.4. The van der Waals surface area contributed by atoms with Crippen LogP contribution in [-0.4, -0.2) is 22.8 Å². The molecule has 1 unspecified atom stereocenters. The zero-order valence-electron chi connectivity index (χ0n) is 13.7. The molecule has 2 rings (SSSR count). The van der Waals surface area contributed by atoms with Gasteiger partial charge in [-0.05, 0) is 37.3 Å². The molecule has 0 saturated heterocycles. The van der Waals surface area contributed by atoms with Crippen molar-refractivity contribution in [2.24, 2.45) is 0 Å². The highest BCUT2D eigenvalue weighted by molar-refractivity contribution is 5.94. The van der Waals surface area contributed by atoms with E-state index in [1.807, 2.05) is 0 Å². The van der Waals surface area contributed by atoms with E-state index in [9.17, 15) is 31.1 Å². The van der Waals surface area contributed by atoms with Gasteiger partial charge in [-0.2, -0.15) is 26.3 Å². The van der Waals surface area contributed by atoms with E-state index in [4.69, 9.17) is 0 Å². The molecule has 0 aliphatic heterocycles. The summed E-state index contributed by atoms with van der Waals surface area (Å²) in [6, 6.07) is 5.07. The first kappa shape index (κ1) is 19.7. The van der Waals surface area contributed by atoms with Gasteiger partial charge in [0.1, 0.15) is 0 Å². The average molecular weight is 376 g/mol. The molecule has 0 spiro atoms. The molecule has 3 nitrogen and oxygen atoms in total. The zero-order valence-corrected chi connectivity index (χ0v) is 13.7. The molecule has 0 radical (unpaired) electrons. The minimum Gasteiger partial charge on any atom is -0.333 e. The summed E-state index contributed by atoms with van der Waals surface area (Å²) < 4.78 is 77.5. The van der Waals surface area contributed by atoms with Crippen molar-refractivity contribution >= 4 is 5.91 Å². The standard InChI is InChI=1S/C17H14F6N2O/c1-10(14-5-3-4-6-24-14)25(2)15(26)11-7-12(16(18,19)20)9-13(8-11)17(21,22)23/h3-10H,1-2H3. The number of pyridine rings is 1. The van der Waals surface area contributed by atoms with Gasteiger partial charge in [-0.3, -0.25) is 9.78 Å². The molecule has 0 aliphatic carbocycles. The van der Waals surface area contributed by atoms with Gasteiger partial charge in [0.05, 0.1) is 22.9 Å². The highest BCUT2D eigenvalue weighted by Gasteiger charge is 2.38. The fraction of sp³-hybridized carbons (Fsp3) is 0.294. The second kappa shape index (κ2) is 6.97. The van der Waals surface area contributed by atoms with E-state index in [-0.39, 0.29) is 6.07 Å². The number of hydrogen-bond donors (Lipinski definition) is 0. The fourth-order valence-corrected chi connectivity index (χ4v) is 2.28. The number of carbonyl (C=O) groups excluding carboxylic acids is 1. The number of carbonyl (C=O) groups is 1. The van der Waals surface area contributed by atoms with Crippen LogP contribution < -0.4 is 0 Å². The summed E-state index contributed by atoms with van der Waals surface area (Å²) >= 11 is 0. The summed E-state index contributed by atoms with van der Waals surface area (Å²) in [6.45, 7) is 1.57. The predicted octanol–water partition coefficient (Wildman–Crippen LogP) is 4.95. The average Bonchev–Trinajstić information content (AvgIpc) is 2.58. The minimum atomic E-state index is -5.01. The van der Waals surface area contributed by atoms with Gasteiger partial charge in [0, 0.05) is 18.8 Å². The van der Waals surface area contributed by atoms with E-state index in [1.54, 1.807) is 25.1 Å². The van der Waals surface area contributed by atoms with Crippen molar-refractivity contribution in [3.63, 3.8) is 0 Å². The lowest BCUT2D eigenvalue weighted by atomic mass is 10.0. The molecule has 140 valence electrons. The van der Waals surface area contributed by atoms with Crippen molar-refractivity contribution in [2.45, 2.75) is 25.3 Å². The van der Waals surface area contributed by atoms with E-state index < -0.39 is 41.0 Å². The summed E-state index contributed by atoms with van der Waals surface area (Å²) in [5.41, 5.74) is -3.31. The largest absolute Gasteiger partial charge is 0.416 e. The summed E-state index contributed by atoms with van der Waals surface area (Å²) in [6.07, 6.45) is -8.56. The Morgan fingerprint density at radius 1 is 1.00 bits per heavy atom. The van der Waals surface area contributed by atoms with E-state index in [2.05, 4.69) is 4.98 Å². The van der Waals surface area contributed by atoms with Crippen LogP contribution in [0.15, 0.2) is 42.6 Å². The Kier molecular flexibility index (Phi) is 5.29. The quantitative estimate of drug-likeness (QED) is 0.710. The molecule has 0 fully saturated rings. The molecule has 0 N–H and O–H groups in total. The lowest BCUT2D eigenvalue weighted by molar-refractivity contribution is -0.143. The van der Waals surface area contributed by atoms with Crippen LogP contribution in [0.2, 0.25) is 0 Å². The topological polar surface area (TPSA) is 33.2 Å². The Bertz CT molecular complexity index is 754. The van der Waals surface area contributed by atoms with Crippen LogP contribution in [-0.2, 0) is 12.4 Å². The van der Waals surface area contributed by atoms with Gasteiger partial charge in [0.15, 0.2) is 0 Å². The van der Waals surface area contributed by atoms with Gasteiger partial charge in [-0.25, -0.2) is 0 Å². The van der Waals surface area contributed by atoms with Crippen LogP contribution in [0, 0.1) is 0 Å². The Morgan fingerprint density at radius 3 is 1.96 bits per heavy atom. The molecule has 0 aliphatic rings. The molecular formula is C17H14F6N2O. The number of hydrogen-bond acceptors (Lipinski definition) is 2. The number of rotatable bonds is 3. The number of aromatic nitrogens is 1. The molecule has 1 atom stereocenters. The van der Waals surface area contributed by atoms with Crippen LogP contribution in [0.4, 0.5) is 26.3 Å². The lowest BCUT2D eigenvalue weighted by Gasteiger charge is -2.25. The highest BCUT2D eigenvalue weighted by Crippen LogP contribution is 2.36. The summed E-state index contributed by atoms with van der Waals surface area (Å²) in [4.78, 5) is 17.6. The van der Waals surface area contributed by atoms with Gasteiger partial charge in [0.25, 0.3) is 5.91 Å². The summed E-state index contributed by atoms with van der Waals surface area (Å²) in [5, 5.41) is 0. The molecule has 0 saturated carbocycles. The Morgan fingerprint density at radius 2 is 1.54 bits per heavy atom. The maximum absolute atomic E-state index is 12.9. The third kappa shape index (κ3) is 4.33. The first-order valence-corrected chi connectivity index (χ1v) is 7.39. The SMILES string of the molecule is CC(c1ccccn1)N(C)C(=O)c1cc(C(F)(F)F)cc(C(F)(F)F)c1. The predicted molar refractivity (Wildman–Crippen MR) is 81.2 cm³/mol. The van der Waals surface area contributed by atoms with E-state index in [1.165, 1.54) is 13.2 Å². The molecule has 0 bridgehead atoms. The van der Waals surface area contributed by atoms with Gasteiger partial charge in [-0.15, -0.1) is 0 Å². The normalized spacial score (nSPS) is 13.4. The number of amides is 1. The number of nitrogens with zero attached hydrogens (tertiary/aromatic N) is 2. The molecule has 9 heteroatoms. The van der Waals surface area contributed by atoms with Crippen molar-refractivity contribution in [1.82, 2.24) is 9.88 Å². The van der Waals surface area contributed by atoms with Crippen LogP contribution >= 0.6 is 0 Å². The number of halogens is 6. The first-order valence-electron chi connectivity index (χ1n) is 7.39. The molecule has 1 aromatic carbocycles. The Balaban J connectivity index is 2.44. The number of benzene rings is 1. The van der Waals surface area contributed by atoms with Crippen molar-refractivity contribution in [3.8, 4) is 0 Å². The lowest BCUT2D eigenvalue weighted by Crippen LogP contribution is -2.30. The molecule has 1 amide bonds. The minimum absolute atomic E-state index is 0.0149. The second-order valence-corrected chi connectivity index (χ2v) is 5.64. The molecule has 26 heavy (non-hydrogen) atoms. The van der Waals surface area contributed by atoms with Gasteiger partial charge in [-0.1, -0.05) is 6.07 Å². The van der Waals surface area contributed by atoms with Crippen LogP contribution in [0.25, 0.3) is 0 Å². The van der Waals surface area contributed by atoms with Crippen LogP contribution in [0.3, 0.4) is 0 Å². The van der Waals surface area contributed by atoms with Gasteiger partial charge >= 0.3 is 12.4 Å². The molecule has 2 aromatic rings. The Labute approximate surface area is 145 Å². The Hall–Kier alpha value is -2.58. The first-order chi connectivity index (χ1) is 11.9. The van der Waals surface area contributed by atoms with Crippen molar-refractivity contribution < 1.29 is 31.1 Å². The summed E-state index contributed by atoms with van der Waals surface area (Å²) in [7, 11) is 1.29. The van der Waals surface area contributed by atoms with E-state index in [0.717, 1.165) is 4.90 Å². The second-order valence-electron chi connectivity index (χ2n) is 5.64. The molecular weight excluding hydrogens is 362 g/mol. The number of alkyl halides is 6. The van der Waals surface area contributed by atoms with Crippen LogP contribution in [0.5, 0.6) is 0 Å². The molecule has 1 aromatic heterocycles. The van der Waals surface area contributed by atoms with Gasteiger partial charge < -0.3 is 4.90 Å². The maximum Gasteiger partial charge on any atom is 0.416 e. The van der Waals surface area contributed by atoms with Crippen molar-refractivity contribution in [3.05, 3.63) is 65.0 Å². The van der Waals surface area contributed by atoms with E-state index in [0.29, 0.717) is 17.8 Å². The third-order valence-electron chi connectivity index (χ3n) is 3.85. The van der Waals surface area contributed by atoms with Gasteiger partial charge in [0.2, 0.25) is 0 Å². The monoisotopic (exact) mass is 376 g/mol. The van der Waals surface area contributed by atoms with Crippen molar-refractivity contribution in [1.29, 1.82) is 0 Å².